The molecule has 4 nitrogen and oxygen atoms in total. The first-order valence-electron chi connectivity index (χ1n) is 10.4. The van der Waals surface area contributed by atoms with Gasteiger partial charge in [0, 0.05) is 27.6 Å². The van der Waals surface area contributed by atoms with E-state index in [9.17, 15) is 4.79 Å². The zero-order valence-electron chi connectivity index (χ0n) is 17.7. The predicted octanol–water partition coefficient (Wildman–Crippen LogP) is 7.84. The van der Waals surface area contributed by atoms with Gasteiger partial charge in [-0.15, -0.1) is 11.3 Å². The quantitative estimate of drug-likeness (QED) is 0.266. The zero-order valence-corrected chi connectivity index (χ0v) is 19.3. The number of hydrogen-bond acceptors (Lipinski definition) is 4. The average Bonchev–Trinajstić information content (AvgIpc) is 3.49. The highest BCUT2D eigenvalue weighted by atomic mass is 35.5. The molecule has 33 heavy (non-hydrogen) atoms. The normalized spacial score (nSPS) is 11.3. The third-order valence-electron chi connectivity index (χ3n) is 5.28. The summed E-state index contributed by atoms with van der Waals surface area (Å²) >= 11 is 7.60. The van der Waals surface area contributed by atoms with Crippen molar-refractivity contribution < 1.29 is 9.21 Å². The number of aromatic nitrogens is 1. The fourth-order valence-corrected chi connectivity index (χ4v) is 4.45. The Morgan fingerprint density at radius 1 is 1.06 bits per heavy atom. The molecule has 2 aromatic heterocycles. The molecule has 6 heteroatoms. The highest BCUT2D eigenvalue weighted by molar-refractivity contribution is 7.14. The van der Waals surface area contributed by atoms with Crippen LogP contribution in [0.5, 0.6) is 0 Å². The van der Waals surface area contributed by atoms with Crippen molar-refractivity contribution in [1.29, 1.82) is 0 Å². The second kappa shape index (κ2) is 9.06. The van der Waals surface area contributed by atoms with Gasteiger partial charge >= 0.3 is 0 Å². The molecule has 2 heterocycles. The number of furan rings is 1. The van der Waals surface area contributed by atoms with Gasteiger partial charge in [0.05, 0.1) is 5.69 Å². The Kier molecular flexibility index (Phi) is 5.82. The average molecular weight is 471 g/mol. The number of nitrogens with one attached hydrogen (secondary N) is 1. The van der Waals surface area contributed by atoms with Crippen LogP contribution in [0, 0.1) is 6.92 Å². The van der Waals surface area contributed by atoms with Gasteiger partial charge in [0.2, 0.25) is 5.91 Å². The monoisotopic (exact) mass is 470 g/mol. The summed E-state index contributed by atoms with van der Waals surface area (Å²) in [5.41, 5.74) is 3.77. The molecule has 0 saturated carbocycles. The Morgan fingerprint density at radius 3 is 2.79 bits per heavy atom. The summed E-state index contributed by atoms with van der Waals surface area (Å²) in [5, 5.41) is 8.29. The van der Waals surface area contributed by atoms with Gasteiger partial charge in [-0.2, -0.15) is 0 Å². The second-order valence-corrected chi connectivity index (χ2v) is 8.82. The summed E-state index contributed by atoms with van der Waals surface area (Å²) in [6, 6.07) is 23.8. The Labute approximate surface area is 200 Å². The van der Waals surface area contributed by atoms with Crippen LogP contribution in [0.3, 0.4) is 0 Å². The van der Waals surface area contributed by atoms with Gasteiger partial charge in [-0.25, -0.2) is 4.98 Å². The number of hydrogen-bond donors (Lipinski definition) is 1. The first kappa shape index (κ1) is 21.2. The molecule has 0 bridgehead atoms. The van der Waals surface area contributed by atoms with Crippen molar-refractivity contribution in [2.24, 2.45) is 0 Å². The van der Waals surface area contributed by atoms with Crippen LogP contribution in [-0.4, -0.2) is 10.9 Å². The second-order valence-electron chi connectivity index (χ2n) is 7.55. The van der Waals surface area contributed by atoms with E-state index in [1.165, 1.54) is 17.4 Å². The smallest absolute Gasteiger partial charge is 0.250 e. The zero-order chi connectivity index (χ0) is 22.8. The molecule has 0 spiro atoms. The molecule has 0 fully saturated rings. The summed E-state index contributed by atoms with van der Waals surface area (Å²) in [7, 11) is 0. The topological polar surface area (TPSA) is 55.1 Å². The highest BCUT2D eigenvalue weighted by Crippen LogP contribution is 2.31. The summed E-state index contributed by atoms with van der Waals surface area (Å²) in [4.78, 5) is 17.0. The number of benzene rings is 3. The minimum Gasteiger partial charge on any atom is -0.457 e. The molecule has 0 atom stereocenters. The van der Waals surface area contributed by atoms with E-state index in [0.29, 0.717) is 21.7 Å². The van der Waals surface area contributed by atoms with Crippen LogP contribution in [0.2, 0.25) is 5.02 Å². The summed E-state index contributed by atoms with van der Waals surface area (Å²) in [6.07, 6.45) is 3.07. The molecule has 162 valence electrons. The van der Waals surface area contributed by atoms with Crippen molar-refractivity contribution in [2.75, 3.05) is 5.32 Å². The number of nitrogens with zero attached hydrogens (tertiary/aromatic N) is 1. The molecule has 0 aliphatic rings. The molecule has 0 aliphatic heterocycles. The lowest BCUT2D eigenvalue weighted by Crippen LogP contribution is -2.07. The lowest BCUT2D eigenvalue weighted by atomic mass is 10.0. The molecule has 1 N–H and O–H groups in total. The third-order valence-corrected chi connectivity index (χ3v) is 6.45. The van der Waals surface area contributed by atoms with Crippen molar-refractivity contribution in [3.8, 4) is 22.6 Å². The van der Waals surface area contributed by atoms with Gasteiger partial charge in [0.1, 0.15) is 11.5 Å². The van der Waals surface area contributed by atoms with Gasteiger partial charge in [-0.3, -0.25) is 10.1 Å². The van der Waals surface area contributed by atoms with Crippen LogP contribution in [-0.2, 0) is 4.79 Å². The van der Waals surface area contributed by atoms with Gasteiger partial charge in [0.15, 0.2) is 5.13 Å². The van der Waals surface area contributed by atoms with Crippen LogP contribution >= 0.6 is 22.9 Å². The maximum Gasteiger partial charge on any atom is 0.250 e. The molecular weight excluding hydrogens is 452 g/mol. The van der Waals surface area contributed by atoms with Crippen LogP contribution in [0.4, 0.5) is 5.13 Å². The summed E-state index contributed by atoms with van der Waals surface area (Å²) in [5.74, 6) is 0.995. The molecule has 0 saturated heterocycles. The lowest BCUT2D eigenvalue weighted by molar-refractivity contribution is -0.111. The van der Waals surface area contributed by atoms with Gasteiger partial charge in [0.25, 0.3) is 0 Å². The number of anilines is 1. The van der Waals surface area contributed by atoms with E-state index < -0.39 is 0 Å². The molecule has 5 aromatic rings. The molecule has 0 unspecified atom stereocenters. The van der Waals surface area contributed by atoms with Gasteiger partial charge < -0.3 is 4.42 Å². The Bertz CT molecular complexity index is 1490. The SMILES string of the molecule is Cc1ccc(-c2ccc(/C=C/C(=O)Nc3nc(-c4cccc5ccccc45)cs3)o2)cc1Cl. The first-order valence-corrected chi connectivity index (χ1v) is 11.6. The minimum atomic E-state index is -0.273. The minimum absolute atomic E-state index is 0.273. The maximum absolute atomic E-state index is 12.4. The Morgan fingerprint density at radius 2 is 1.91 bits per heavy atom. The number of aryl methyl sites for hydroxylation is 1. The molecule has 5 rings (SSSR count). The number of carbonyl (C=O) groups is 1. The number of halogens is 1. The van der Waals surface area contributed by atoms with Gasteiger partial charge in [-0.1, -0.05) is 66.2 Å². The fourth-order valence-electron chi connectivity index (χ4n) is 3.55. The Balaban J connectivity index is 1.28. The van der Waals surface area contributed by atoms with E-state index in [4.69, 9.17) is 16.0 Å². The Hall–Kier alpha value is -3.67. The number of rotatable bonds is 5. The molecule has 1 amide bonds. The molecule has 3 aromatic carbocycles. The number of fused-ring (bicyclic) bond motifs is 1. The van der Waals surface area contributed by atoms with E-state index in [1.807, 2.05) is 66.9 Å². The maximum atomic E-state index is 12.4. The van der Waals surface area contributed by atoms with E-state index in [0.717, 1.165) is 33.2 Å². The fraction of sp³-hybridized carbons (Fsp3) is 0.0370. The summed E-state index contributed by atoms with van der Waals surface area (Å²) < 4.78 is 5.83. The highest BCUT2D eigenvalue weighted by Gasteiger charge is 2.10. The van der Waals surface area contributed by atoms with Crippen LogP contribution in [0.1, 0.15) is 11.3 Å². The van der Waals surface area contributed by atoms with Crippen LogP contribution in [0.15, 0.2) is 88.7 Å². The van der Waals surface area contributed by atoms with Crippen molar-refractivity contribution in [3.05, 3.63) is 101 Å². The lowest BCUT2D eigenvalue weighted by Gasteiger charge is -2.03. The molecule has 0 radical (unpaired) electrons. The third kappa shape index (κ3) is 4.60. The van der Waals surface area contributed by atoms with Crippen molar-refractivity contribution in [2.45, 2.75) is 6.92 Å². The van der Waals surface area contributed by atoms with Crippen molar-refractivity contribution >= 4 is 50.8 Å². The number of amides is 1. The number of thiazole rings is 1. The summed E-state index contributed by atoms with van der Waals surface area (Å²) in [6.45, 7) is 1.95. The molecular formula is C27H19ClN2O2S. The molecule has 0 aliphatic carbocycles. The van der Waals surface area contributed by atoms with Gasteiger partial charge in [-0.05, 0) is 47.5 Å². The van der Waals surface area contributed by atoms with E-state index in [-0.39, 0.29) is 5.91 Å². The standard InChI is InChI=1S/C27H19ClN2O2S/c1-17-9-10-19(15-23(17)28)25-13-11-20(32-25)12-14-26(31)30-27-29-24(16-33-27)22-8-4-6-18-5-2-3-7-21(18)22/h2-16H,1H3,(H,29,30,31)/b14-12+. The van der Waals surface area contributed by atoms with E-state index >= 15 is 0 Å². The van der Waals surface area contributed by atoms with Crippen molar-refractivity contribution in [1.82, 2.24) is 4.98 Å². The van der Waals surface area contributed by atoms with E-state index in [1.54, 1.807) is 6.08 Å². The van der Waals surface area contributed by atoms with Crippen LogP contribution < -0.4 is 5.32 Å². The predicted molar refractivity (Wildman–Crippen MR) is 137 cm³/mol. The number of carbonyl (C=O) groups excluding carboxylic acids is 1. The first-order chi connectivity index (χ1) is 16.1. The van der Waals surface area contributed by atoms with Crippen molar-refractivity contribution in [3.63, 3.8) is 0 Å². The largest absolute Gasteiger partial charge is 0.457 e. The van der Waals surface area contributed by atoms with E-state index in [2.05, 4.69) is 28.5 Å². The van der Waals surface area contributed by atoms with Crippen LogP contribution in [0.25, 0.3) is 39.4 Å².